The highest BCUT2D eigenvalue weighted by atomic mass is 16.7. The van der Waals surface area contributed by atoms with Crippen molar-refractivity contribution in [1.29, 1.82) is 0 Å². The maximum absolute atomic E-state index is 12.5. The summed E-state index contributed by atoms with van der Waals surface area (Å²) < 4.78 is 39.9. The molecule has 1 unspecified atom stereocenters. The van der Waals surface area contributed by atoms with Gasteiger partial charge in [0.2, 0.25) is 0 Å². The van der Waals surface area contributed by atoms with Crippen LogP contribution in [-0.4, -0.2) is 67.4 Å². The quantitative estimate of drug-likeness (QED) is 0.0629. The Morgan fingerprint density at radius 1 is 0.517 bits per heavy atom. The Morgan fingerprint density at radius 2 is 0.983 bits per heavy atom. The van der Waals surface area contributed by atoms with E-state index in [0.29, 0.717) is 45.1 Å². The monoisotopic (exact) mass is 787 g/mol. The summed E-state index contributed by atoms with van der Waals surface area (Å²) >= 11 is 0. The molecule has 5 aromatic carbocycles. The van der Waals surface area contributed by atoms with Gasteiger partial charge in [0.1, 0.15) is 24.4 Å². The van der Waals surface area contributed by atoms with Gasteiger partial charge in [-0.2, -0.15) is 0 Å². The number of ether oxygens (including phenoxy) is 6. The van der Waals surface area contributed by atoms with E-state index in [1.807, 2.05) is 121 Å². The first-order valence-corrected chi connectivity index (χ1v) is 20.0. The number of unbranched alkanes of at least 4 members (excludes halogenated alkanes) is 3. The average molecular weight is 788 g/mol. The van der Waals surface area contributed by atoms with Crippen molar-refractivity contribution in [3.05, 3.63) is 179 Å². The summed E-state index contributed by atoms with van der Waals surface area (Å²) in [6, 6.07) is 46.1. The lowest BCUT2D eigenvalue weighted by atomic mass is 9.97. The van der Waals surface area contributed by atoms with Crippen molar-refractivity contribution in [1.82, 2.24) is 5.32 Å². The molecule has 10 heteroatoms. The van der Waals surface area contributed by atoms with E-state index < -0.39 is 36.7 Å². The Morgan fingerprint density at radius 3 is 1.52 bits per heavy atom. The predicted octanol–water partition coefficient (Wildman–Crippen LogP) is 8.39. The maximum atomic E-state index is 12.5. The highest BCUT2D eigenvalue weighted by Crippen LogP contribution is 2.32. The van der Waals surface area contributed by atoms with Gasteiger partial charge in [-0.05, 0) is 59.4 Å². The van der Waals surface area contributed by atoms with Crippen molar-refractivity contribution in [3.63, 3.8) is 0 Å². The largest absolute Gasteiger partial charge is 0.478 e. The lowest BCUT2D eigenvalue weighted by Crippen LogP contribution is -2.61. The van der Waals surface area contributed by atoms with Crippen LogP contribution in [0, 0.1) is 0 Å². The lowest BCUT2D eigenvalue weighted by Gasteiger charge is -2.46. The standard InChI is InChI=1S/C48H53NO9/c50-46(40-25-27-41(28-26-40)47(51)52)49-29-15-1-2-16-30-54-48-45(57-34-39-23-13-6-14-24-39)44(56-33-38-21-11-5-12-22-38)43(55-32-37-19-9-4-10-20-37)42(58-48)35-53-31-36-17-7-3-8-18-36/h3-14,17-28,42-45,48H,1-2,15-16,29-35H2,(H,49,50)(H,51,52)/t42-,43-,44+,45-,48?/m1/s1. The van der Waals surface area contributed by atoms with Gasteiger partial charge in [-0.25, -0.2) is 4.79 Å². The van der Waals surface area contributed by atoms with E-state index in [1.54, 1.807) is 0 Å². The van der Waals surface area contributed by atoms with Crippen LogP contribution >= 0.6 is 0 Å². The first kappa shape index (κ1) is 42.4. The molecular formula is C48H53NO9. The van der Waals surface area contributed by atoms with Crippen LogP contribution in [0.1, 0.15) is 68.7 Å². The van der Waals surface area contributed by atoms with Crippen molar-refractivity contribution in [2.45, 2.75) is 82.8 Å². The molecule has 2 N–H and O–H groups in total. The number of amides is 1. The molecule has 10 nitrogen and oxygen atoms in total. The molecule has 58 heavy (non-hydrogen) atoms. The van der Waals surface area contributed by atoms with E-state index in [2.05, 4.69) is 5.32 Å². The summed E-state index contributed by atoms with van der Waals surface area (Å²) in [5.74, 6) is -1.25. The van der Waals surface area contributed by atoms with Crippen molar-refractivity contribution in [2.24, 2.45) is 0 Å². The molecule has 304 valence electrons. The molecule has 0 bridgehead atoms. The summed E-state index contributed by atoms with van der Waals surface area (Å²) in [5, 5.41) is 12.0. The molecule has 0 spiro atoms. The minimum absolute atomic E-state index is 0.143. The number of benzene rings is 5. The summed E-state index contributed by atoms with van der Waals surface area (Å²) in [7, 11) is 0. The summed E-state index contributed by atoms with van der Waals surface area (Å²) in [5.41, 5.74) is 4.70. The van der Waals surface area contributed by atoms with Crippen LogP contribution < -0.4 is 5.32 Å². The maximum Gasteiger partial charge on any atom is 0.335 e. The Bertz CT molecular complexity index is 1910. The molecule has 1 amide bonds. The number of aromatic carboxylic acids is 1. The third kappa shape index (κ3) is 13.4. The Balaban J connectivity index is 1.13. The van der Waals surface area contributed by atoms with Crippen LogP contribution in [0.3, 0.4) is 0 Å². The van der Waals surface area contributed by atoms with Crippen LogP contribution in [0.4, 0.5) is 0 Å². The van der Waals surface area contributed by atoms with Gasteiger partial charge >= 0.3 is 5.97 Å². The minimum atomic E-state index is -1.03. The molecule has 1 aliphatic heterocycles. The average Bonchev–Trinajstić information content (AvgIpc) is 3.27. The van der Waals surface area contributed by atoms with E-state index in [-0.39, 0.29) is 18.1 Å². The van der Waals surface area contributed by atoms with Gasteiger partial charge in [-0.3, -0.25) is 4.79 Å². The fourth-order valence-electron chi connectivity index (χ4n) is 6.73. The van der Waals surface area contributed by atoms with E-state index in [9.17, 15) is 9.59 Å². The van der Waals surface area contributed by atoms with E-state index >= 15 is 0 Å². The zero-order valence-corrected chi connectivity index (χ0v) is 32.7. The Labute approximate surface area is 341 Å². The molecule has 0 aromatic heterocycles. The number of carbonyl (C=O) groups is 2. The summed E-state index contributed by atoms with van der Waals surface area (Å²) in [6.07, 6.45) is 0.284. The number of nitrogens with one attached hydrogen (secondary N) is 1. The van der Waals surface area contributed by atoms with Crippen molar-refractivity contribution in [2.75, 3.05) is 19.8 Å². The normalized spacial score (nSPS) is 19.1. The second-order valence-electron chi connectivity index (χ2n) is 14.3. The zero-order valence-electron chi connectivity index (χ0n) is 32.7. The number of hydrogen-bond acceptors (Lipinski definition) is 8. The first-order valence-electron chi connectivity index (χ1n) is 20.0. The van der Waals surface area contributed by atoms with Gasteiger partial charge in [0.05, 0.1) is 38.6 Å². The van der Waals surface area contributed by atoms with Gasteiger partial charge in [0, 0.05) is 18.7 Å². The number of hydrogen-bond donors (Lipinski definition) is 2. The van der Waals surface area contributed by atoms with Crippen LogP contribution in [-0.2, 0) is 54.8 Å². The molecule has 5 aromatic rings. The Kier molecular flexibility index (Phi) is 17.0. The van der Waals surface area contributed by atoms with Crippen LogP contribution in [0.5, 0.6) is 0 Å². The fraction of sp³-hybridized carbons (Fsp3) is 0.333. The van der Waals surface area contributed by atoms with Crippen molar-refractivity contribution in [3.8, 4) is 0 Å². The highest BCUT2D eigenvalue weighted by molar-refractivity contribution is 5.95. The van der Waals surface area contributed by atoms with Gasteiger partial charge in [0.25, 0.3) is 5.91 Å². The van der Waals surface area contributed by atoms with Gasteiger partial charge in [0.15, 0.2) is 6.29 Å². The van der Waals surface area contributed by atoms with Crippen LogP contribution in [0.15, 0.2) is 146 Å². The van der Waals surface area contributed by atoms with E-state index in [4.69, 9.17) is 33.5 Å². The smallest absolute Gasteiger partial charge is 0.335 e. The van der Waals surface area contributed by atoms with Crippen molar-refractivity contribution < 1.29 is 43.1 Å². The van der Waals surface area contributed by atoms with Crippen LogP contribution in [0.25, 0.3) is 0 Å². The lowest BCUT2D eigenvalue weighted by molar-refractivity contribution is -0.328. The third-order valence-electron chi connectivity index (χ3n) is 9.87. The second-order valence-corrected chi connectivity index (χ2v) is 14.3. The fourth-order valence-corrected chi connectivity index (χ4v) is 6.73. The second kappa shape index (κ2) is 23.3. The molecule has 0 saturated carbocycles. The molecule has 1 aliphatic rings. The van der Waals surface area contributed by atoms with Crippen LogP contribution in [0.2, 0.25) is 0 Å². The topological polar surface area (TPSA) is 122 Å². The van der Waals surface area contributed by atoms with Gasteiger partial charge in [-0.1, -0.05) is 134 Å². The molecular weight excluding hydrogens is 735 g/mol. The molecule has 0 radical (unpaired) electrons. The molecule has 0 aliphatic carbocycles. The summed E-state index contributed by atoms with van der Waals surface area (Å²) in [6.45, 7) is 2.63. The summed E-state index contributed by atoms with van der Waals surface area (Å²) in [4.78, 5) is 23.7. The molecule has 6 rings (SSSR count). The SMILES string of the molecule is O=C(O)c1ccc(C(=O)NCCCCCCOC2O[C@H](COCc3ccccc3)[C@@H](OCc3ccccc3)[C@H](OCc3ccccc3)[C@H]2OCc2ccccc2)cc1. The van der Waals surface area contributed by atoms with E-state index in [1.165, 1.54) is 24.3 Å². The molecule has 1 fully saturated rings. The Hall–Kier alpha value is -5.20. The number of carbonyl (C=O) groups excluding carboxylic acids is 1. The first-order chi connectivity index (χ1) is 28.5. The van der Waals surface area contributed by atoms with Gasteiger partial charge < -0.3 is 38.8 Å². The van der Waals surface area contributed by atoms with E-state index in [0.717, 1.165) is 47.9 Å². The number of rotatable bonds is 23. The molecule has 5 atom stereocenters. The molecule has 1 heterocycles. The minimum Gasteiger partial charge on any atom is -0.478 e. The number of carboxylic acid groups (broad SMARTS) is 1. The van der Waals surface area contributed by atoms with Gasteiger partial charge in [-0.15, -0.1) is 0 Å². The number of carboxylic acids is 1. The zero-order chi connectivity index (χ0) is 40.2. The predicted molar refractivity (Wildman–Crippen MR) is 220 cm³/mol. The molecule has 1 saturated heterocycles. The van der Waals surface area contributed by atoms with Crippen molar-refractivity contribution >= 4 is 11.9 Å². The third-order valence-corrected chi connectivity index (χ3v) is 9.87. The highest BCUT2D eigenvalue weighted by Gasteiger charge is 2.49.